The predicted molar refractivity (Wildman–Crippen MR) is 164 cm³/mol. The maximum atomic E-state index is 13.4. The third kappa shape index (κ3) is 7.65. The lowest BCUT2D eigenvalue weighted by molar-refractivity contribution is -0.122. The Kier molecular flexibility index (Phi) is 10.3. The molecule has 10 nitrogen and oxygen atoms in total. The normalized spacial score (nSPS) is 14.0. The van der Waals surface area contributed by atoms with Crippen LogP contribution in [0.3, 0.4) is 0 Å². The molecule has 1 saturated heterocycles. The summed E-state index contributed by atoms with van der Waals surface area (Å²) in [4.78, 5) is 52.0. The molecule has 0 bridgehead atoms. The molecule has 0 saturated carbocycles. The second kappa shape index (κ2) is 14.1. The van der Waals surface area contributed by atoms with Crippen molar-refractivity contribution in [1.29, 1.82) is 0 Å². The second-order valence-electron chi connectivity index (χ2n) is 9.39. The number of amides is 5. The number of barbiturate groups is 1. The molecule has 0 spiro atoms. The van der Waals surface area contributed by atoms with Crippen LogP contribution in [0.25, 0.3) is 6.08 Å². The Morgan fingerprint density at radius 3 is 2.28 bits per heavy atom. The lowest BCUT2D eigenvalue weighted by Gasteiger charge is -2.27. The van der Waals surface area contributed by atoms with E-state index >= 15 is 0 Å². The Bertz CT molecular complexity index is 1570. The van der Waals surface area contributed by atoms with Crippen LogP contribution >= 0.6 is 23.2 Å². The van der Waals surface area contributed by atoms with E-state index in [1.54, 1.807) is 25.1 Å². The number of carbonyl (C=O) groups is 4. The van der Waals surface area contributed by atoms with Gasteiger partial charge >= 0.3 is 6.03 Å². The minimum absolute atomic E-state index is 0.0445. The van der Waals surface area contributed by atoms with Gasteiger partial charge in [-0.05, 0) is 68.3 Å². The fourth-order valence-electron chi connectivity index (χ4n) is 4.07. The highest BCUT2D eigenvalue weighted by Gasteiger charge is 2.37. The number of hydrogen-bond acceptors (Lipinski definition) is 7. The van der Waals surface area contributed by atoms with Gasteiger partial charge in [0.2, 0.25) is 0 Å². The van der Waals surface area contributed by atoms with Crippen LogP contribution in [0, 0.1) is 6.92 Å². The average Bonchev–Trinajstić information content (AvgIpc) is 2.95. The van der Waals surface area contributed by atoms with Crippen LogP contribution in [-0.4, -0.2) is 43.6 Å². The Labute approximate surface area is 258 Å². The zero-order valence-electron chi connectivity index (χ0n) is 23.7. The topological polar surface area (TPSA) is 123 Å². The number of imide groups is 2. The smallest absolute Gasteiger partial charge is 0.335 e. The van der Waals surface area contributed by atoms with Crippen LogP contribution in [0.15, 0.2) is 60.2 Å². The Morgan fingerprint density at radius 1 is 0.930 bits per heavy atom. The van der Waals surface area contributed by atoms with Crippen LogP contribution in [0.2, 0.25) is 10.0 Å². The van der Waals surface area contributed by atoms with Gasteiger partial charge in [-0.3, -0.25) is 19.7 Å². The molecule has 224 valence electrons. The van der Waals surface area contributed by atoms with Crippen LogP contribution in [0.1, 0.15) is 31.4 Å². The van der Waals surface area contributed by atoms with E-state index in [1.165, 1.54) is 30.3 Å². The van der Waals surface area contributed by atoms with Crippen molar-refractivity contribution < 1.29 is 33.4 Å². The van der Waals surface area contributed by atoms with Crippen molar-refractivity contribution >= 4 is 64.4 Å². The van der Waals surface area contributed by atoms with Gasteiger partial charge in [0.25, 0.3) is 17.7 Å². The number of carbonyl (C=O) groups excluding carboxylic acids is 4. The number of rotatable bonds is 11. The van der Waals surface area contributed by atoms with Crippen molar-refractivity contribution in [3.63, 3.8) is 0 Å². The van der Waals surface area contributed by atoms with E-state index in [0.717, 1.165) is 16.9 Å². The number of nitrogens with one attached hydrogen (secondary N) is 2. The summed E-state index contributed by atoms with van der Waals surface area (Å²) in [6.45, 7) is 6.11. The summed E-state index contributed by atoms with van der Waals surface area (Å²) in [5.74, 6) is -1.32. The van der Waals surface area contributed by atoms with Gasteiger partial charge in [-0.15, -0.1) is 0 Å². The van der Waals surface area contributed by atoms with Crippen molar-refractivity contribution in [3.05, 3.63) is 81.3 Å². The summed E-state index contributed by atoms with van der Waals surface area (Å²) >= 11 is 12.8. The van der Waals surface area contributed by atoms with Crippen LogP contribution in [0.4, 0.5) is 16.2 Å². The summed E-state index contributed by atoms with van der Waals surface area (Å²) in [6, 6.07) is 13.8. The quantitative estimate of drug-likeness (QED) is 0.193. The summed E-state index contributed by atoms with van der Waals surface area (Å²) in [5.41, 5.74) is 1.80. The number of anilines is 2. The zero-order valence-corrected chi connectivity index (χ0v) is 25.2. The predicted octanol–water partition coefficient (Wildman–Crippen LogP) is 6.17. The molecular weight excluding hydrogens is 597 g/mol. The number of urea groups is 1. The molecule has 0 atom stereocenters. The monoisotopic (exact) mass is 625 g/mol. The van der Waals surface area contributed by atoms with Gasteiger partial charge in [0.05, 0.1) is 28.9 Å². The first-order valence-electron chi connectivity index (χ1n) is 13.4. The number of ether oxygens (including phenoxy) is 3. The molecule has 4 rings (SSSR count). The molecule has 1 aliphatic rings. The van der Waals surface area contributed by atoms with Crippen LogP contribution in [-0.2, 0) is 14.4 Å². The van der Waals surface area contributed by atoms with Crippen LogP contribution < -0.4 is 29.7 Å². The van der Waals surface area contributed by atoms with E-state index < -0.39 is 23.8 Å². The first kappa shape index (κ1) is 31.4. The van der Waals surface area contributed by atoms with Gasteiger partial charge in [0, 0.05) is 11.8 Å². The summed E-state index contributed by atoms with van der Waals surface area (Å²) in [5, 5.41) is 4.97. The number of nitrogens with zero attached hydrogens (tertiary/aromatic N) is 1. The standard InChI is InChI=1S/C31H29Cl2N3O7/c1-4-12-42-25-11-10-21(16-26(25)41-5-2)36-30(39)22(29(38)35-31(36)40)13-19-14-23(32)28(24(33)15-19)43-17-27(37)34-20-8-6-18(3)7-9-20/h6-11,13-16H,4-5,12,17H2,1-3H3,(H,34,37)(H,35,38,40)/b22-13+. The van der Waals surface area contributed by atoms with E-state index in [0.29, 0.717) is 30.4 Å². The van der Waals surface area contributed by atoms with Crippen molar-refractivity contribution in [2.75, 3.05) is 30.0 Å². The summed E-state index contributed by atoms with van der Waals surface area (Å²) in [6.07, 6.45) is 2.03. The minimum Gasteiger partial charge on any atom is -0.490 e. The van der Waals surface area contributed by atoms with Crippen molar-refractivity contribution in [2.45, 2.75) is 27.2 Å². The van der Waals surface area contributed by atoms with E-state index in [2.05, 4.69) is 10.6 Å². The van der Waals surface area contributed by atoms with Crippen LogP contribution in [0.5, 0.6) is 17.2 Å². The molecule has 1 fully saturated rings. The lowest BCUT2D eigenvalue weighted by atomic mass is 10.1. The zero-order chi connectivity index (χ0) is 31.1. The number of aryl methyl sites for hydroxylation is 1. The summed E-state index contributed by atoms with van der Waals surface area (Å²) in [7, 11) is 0. The average molecular weight is 626 g/mol. The number of benzene rings is 3. The van der Waals surface area contributed by atoms with E-state index in [4.69, 9.17) is 37.4 Å². The molecule has 3 aromatic carbocycles. The SMILES string of the molecule is CCCOc1ccc(N2C(=O)NC(=O)/C(=C\c3cc(Cl)c(OCC(=O)Nc4ccc(C)cc4)c(Cl)c3)C2=O)cc1OCC. The molecule has 43 heavy (non-hydrogen) atoms. The first-order valence-corrected chi connectivity index (χ1v) is 14.2. The largest absolute Gasteiger partial charge is 0.490 e. The van der Waals surface area contributed by atoms with E-state index in [9.17, 15) is 19.2 Å². The fourth-order valence-corrected chi connectivity index (χ4v) is 4.68. The van der Waals surface area contributed by atoms with Crippen molar-refractivity contribution in [2.24, 2.45) is 0 Å². The Morgan fingerprint density at radius 2 is 1.63 bits per heavy atom. The highest BCUT2D eigenvalue weighted by Crippen LogP contribution is 2.36. The maximum Gasteiger partial charge on any atom is 0.335 e. The molecule has 0 aromatic heterocycles. The molecule has 1 aliphatic heterocycles. The Hall–Kier alpha value is -4.54. The van der Waals surface area contributed by atoms with Gasteiger partial charge in [-0.1, -0.05) is 47.8 Å². The van der Waals surface area contributed by atoms with Gasteiger partial charge in [0.15, 0.2) is 23.9 Å². The van der Waals surface area contributed by atoms with E-state index in [-0.39, 0.29) is 39.2 Å². The molecule has 0 unspecified atom stereocenters. The number of hydrogen-bond donors (Lipinski definition) is 2. The molecule has 0 radical (unpaired) electrons. The van der Waals surface area contributed by atoms with Gasteiger partial charge in [-0.25, -0.2) is 9.69 Å². The lowest BCUT2D eigenvalue weighted by Crippen LogP contribution is -2.54. The second-order valence-corrected chi connectivity index (χ2v) is 10.2. The van der Waals surface area contributed by atoms with Gasteiger partial charge < -0.3 is 19.5 Å². The molecular formula is C31H29Cl2N3O7. The minimum atomic E-state index is -0.916. The highest BCUT2D eigenvalue weighted by molar-refractivity contribution is 6.40. The maximum absolute atomic E-state index is 13.4. The molecule has 2 N–H and O–H groups in total. The van der Waals surface area contributed by atoms with Gasteiger partial charge in [-0.2, -0.15) is 0 Å². The third-order valence-corrected chi connectivity index (χ3v) is 6.62. The Balaban J connectivity index is 1.54. The molecule has 12 heteroatoms. The summed E-state index contributed by atoms with van der Waals surface area (Å²) < 4.78 is 16.9. The first-order chi connectivity index (χ1) is 20.6. The molecule has 3 aromatic rings. The number of halogens is 2. The molecule has 1 heterocycles. The van der Waals surface area contributed by atoms with Crippen molar-refractivity contribution in [3.8, 4) is 17.2 Å². The van der Waals surface area contributed by atoms with Gasteiger partial charge in [0.1, 0.15) is 5.57 Å². The fraction of sp³-hybridized carbons (Fsp3) is 0.226. The molecule has 0 aliphatic carbocycles. The molecule has 5 amide bonds. The van der Waals surface area contributed by atoms with Crippen molar-refractivity contribution in [1.82, 2.24) is 5.32 Å². The third-order valence-electron chi connectivity index (χ3n) is 6.06. The highest BCUT2D eigenvalue weighted by atomic mass is 35.5. The van der Waals surface area contributed by atoms with E-state index in [1.807, 2.05) is 26.0 Å².